The molecular weight excluding hydrogens is 259 g/mol. The predicted octanol–water partition coefficient (Wildman–Crippen LogP) is 2.42. The van der Waals surface area contributed by atoms with Crippen LogP contribution < -0.4 is 5.46 Å². The van der Waals surface area contributed by atoms with Gasteiger partial charge in [-0.3, -0.25) is 4.79 Å². The molecule has 0 atom stereocenters. The van der Waals surface area contributed by atoms with Crippen molar-refractivity contribution in [1.82, 2.24) is 4.57 Å². The molecule has 21 heavy (non-hydrogen) atoms. The molecule has 0 aliphatic carbocycles. The van der Waals surface area contributed by atoms with E-state index >= 15 is 0 Å². The van der Waals surface area contributed by atoms with Gasteiger partial charge in [-0.1, -0.05) is 29.2 Å². The van der Waals surface area contributed by atoms with Crippen molar-refractivity contribution >= 4 is 30.5 Å². The van der Waals surface area contributed by atoms with Crippen LogP contribution in [-0.4, -0.2) is 18.7 Å². The largest absolute Gasteiger partial charge is 0.314 e. The number of carbonyl (C=O) groups excluding carboxylic acids is 1. The summed E-state index contributed by atoms with van der Waals surface area (Å²) >= 11 is 0. The molecule has 2 radical (unpaired) electrons. The van der Waals surface area contributed by atoms with Gasteiger partial charge in [-0.25, -0.2) is 0 Å². The zero-order chi connectivity index (χ0) is 15.0. The molecule has 3 aromatic rings. The van der Waals surface area contributed by atoms with Gasteiger partial charge in [-0.2, -0.15) is 5.26 Å². The molecule has 0 N–H and O–H groups in total. The SMILES string of the molecule is [B]c1cccc(-n2cc(C#N)c3cc(C)ccc32)c1C=O. The lowest BCUT2D eigenvalue weighted by molar-refractivity contribution is 0.112. The molecule has 0 aliphatic rings. The summed E-state index contributed by atoms with van der Waals surface area (Å²) in [6, 6.07) is 13.4. The van der Waals surface area contributed by atoms with E-state index in [9.17, 15) is 10.1 Å². The van der Waals surface area contributed by atoms with E-state index < -0.39 is 0 Å². The van der Waals surface area contributed by atoms with E-state index in [0.29, 0.717) is 22.3 Å². The Morgan fingerprint density at radius 2 is 2.10 bits per heavy atom. The number of aryl methyl sites for hydroxylation is 1. The zero-order valence-corrected chi connectivity index (χ0v) is 11.5. The molecule has 4 heteroatoms. The van der Waals surface area contributed by atoms with Crippen LogP contribution in [0.3, 0.4) is 0 Å². The number of aldehydes is 1. The molecule has 0 aliphatic heterocycles. The van der Waals surface area contributed by atoms with Crippen LogP contribution in [0.1, 0.15) is 21.5 Å². The van der Waals surface area contributed by atoms with E-state index in [-0.39, 0.29) is 0 Å². The van der Waals surface area contributed by atoms with Gasteiger partial charge in [-0.05, 0) is 25.1 Å². The highest BCUT2D eigenvalue weighted by Gasteiger charge is 2.13. The Bertz CT molecular complexity index is 903. The van der Waals surface area contributed by atoms with Crippen molar-refractivity contribution in [2.24, 2.45) is 0 Å². The number of carbonyl (C=O) groups is 1. The number of rotatable bonds is 2. The summed E-state index contributed by atoms with van der Waals surface area (Å²) < 4.78 is 1.84. The standard InChI is InChI=1S/C17H11BN2O/c1-11-5-6-17-13(7-11)12(8-19)9-20(17)16-4-2-3-15(18)14(16)10-21/h2-7,9-10H,1H3. The van der Waals surface area contributed by atoms with Gasteiger partial charge in [0.25, 0.3) is 0 Å². The molecular formula is C17H11BN2O. The van der Waals surface area contributed by atoms with Crippen LogP contribution in [0.2, 0.25) is 0 Å². The lowest BCUT2D eigenvalue weighted by Gasteiger charge is -2.10. The van der Waals surface area contributed by atoms with Gasteiger partial charge >= 0.3 is 0 Å². The molecule has 0 unspecified atom stereocenters. The quantitative estimate of drug-likeness (QED) is 0.530. The highest BCUT2D eigenvalue weighted by Crippen LogP contribution is 2.26. The van der Waals surface area contributed by atoms with Crippen molar-refractivity contribution in [3.63, 3.8) is 0 Å². The maximum atomic E-state index is 11.3. The van der Waals surface area contributed by atoms with Gasteiger partial charge in [0.2, 0.25) is 0 Å². The summed E-state index contributed by atoms with van der Waals surface area (Å²) in [6.45, 7) is 1.98. The second-order valence-electron chi connectivity index (χ2n) is 4.94. The van der Waals surface area contributed by atoms with E-state index in [1.165, 1.54) is 0 Å². The molecule has 0 amide bonds. The molecule has 0 spiro atoms. The van der Waals surface area contributed by atoms with E-state index in [0.717, 1.165) is 22.8 Å². The zero-order valence-electron chi connectivity index (χ0n) is 11.5. The third-order valence-corrected chi connectivity index (χ3v) is 3.57. The van der Waals surface area contributed by atoms with Crippen LogP contribution in [0, 0.1) is 18.3 Å². The van der Waals surface area contributed by atoms with Crippen molar-refractivity contribution in [3.05, 3.63) is 59.3 Å². The third-order valence-electron chi connectivity index (χ3n) is 3.57. The lowest BCUT2D eigenvalue weighted by Crippen LogP contribution is -2.13. The maximum Gasteiger partial charge on any atom is 0.151 e. The van der Waals surface area contributed by atoms with Gasteiger partial charge in [-0.15, -0.1) is 0 Å². The molecule has 0 saturated carbocycles. The predicted molar refractivity (Wildman–Crippen MR) is 83.5 cm³/mol. The van der Waals surface area contributed by atoms with E-state index in [1.807, 2.05) is 35.8 Å². The Balaban J connectivity index is 2.40. The molecule has 98 valence electrons. The number of aromatic nitrogens is 1. The molecule has 1 aromatic heterocycles. The molecule has 0 fully saturated rings. The number of hydrogen-bond acceptors (Lipinski definition) is 2. The third kappa shape index (κ3) is 2.04. The fraction of sp³-hybridized carbons (Fsp3) is 0.0588. The Labute approximate surface area is 123 Å². The van der Waals surface area contributed by atoms with Crippen molar-refractivity contribution in [2.45, 2.75) is 6.92 Å². The highest BCUT2D eigenvalue weighted by molar-refractivity contribution is 6.36. The van der Waals surface area contributed by atoms with E-state index in [4.69, 9.17) is 7.85 Å². The first-order chi connectivity index (χ1) is 10.2. The highest BCUT2D eigenvalue weighted by atomic mass is 16.1. The summed E-state index contributed by atoms with van der Waals surface area (Å²) in [6.07, 6.45) is 2.49. The Kier molecular flexibility index (Phi) is 3.11. The number of nitrogens with zero attached hydrogens (tertiary/aromatic N) is 2. The molecule has 3 rings (SSSR count). The fourth-order valence-corrected chi connectivity index (χ4v) is 2.54. The summed E-state index contributed by atoms with van der Waals surface area (Å²) in [4.78, 5) is 11.3. The van der Waals surface area contributed by atoms with Crippen molar-refractivity contribution in [3.8, 4) is 11.8 Å². The first-order valence-corrected chi connectivity index (χ1v) is 6.51. The number of fused-ring (bicyclic) bond motifs is 1. The van der Waals surface area contributed by atoms with Crippen molar-refractivity contribution in [1.29, 1.82) is 5.26 Å². The van der Waals surface area contributed by atoms with Crippen molar-refractivity contribution < 1.29 is 4.79 Å². The Morgan fingerprint density at radius 1 is 1.29 bits per heavy atom. The first-order valence-electron chi connectivity index (χ1n) is 6.51. The van der Waals surface area contributed by atoms with Crippen LogP contribution in [-0.2, 0) is 0 Å². The smallest absolute Gasteiger partial charge is 0.151 e. The van der Waals surface area contributed by atoms with E-state index in [1.54, 1.807) is 18.3 Å². The summed E-state index contributed by atoms with van der Waals surface area (Å²) in [5.74, 6) is 0. The molecule has 2 aromatic carbocycles. The summed E-state index contributed by atoms with van der Waals surface area (Å²) in [7, 11) is 5.87. The van der Waals surface area contributed by atoms with Gasteiger partial charge in [0.05, 0.1) is 16.8 Å². The average Bonchev–Trinajstić information content (AvgIpc) is 2.84. The van der Waals surface area contributed by atoms with Crippen molar-refractivity contribution in [2.75, 3.05) is 0 Å². The second kappa shape index (κ2) is 4.95. The summed E-state index contributed by atoms with van der Waals surface area (Å²) in [5, 5.41) is 10.2. The Hall–Kier alpha value is -2.80. The lowest BCUT2D eigenvalue weighted by atomic mass is 9.90. The second-order valence-corrected chi connectivity index (χ2v) is 4.94. The van der Waals surface area contributed by atoms with Crippen LogP contribution in [0.4, 0.5) is 0 Å². The molecule has 0 bridgehead atoms. The normalized spacial score (nSPS) is 10.5. The average molecular weight is 270 g/mol. The number of nitriles is 1. The van der Waals surface area contributed by atoms with E-state index in [2.05, 4.69) is 6.07 Å². The fourth-order valence-electron chi connectivity index (χ4n) is 2.54. The summed E-state index contributed by atoms with van der Waals surface area (Å²) in [5.41, 5.74) is 4.08. The molecule has 0 saturated heterocycles. The van der Waals surface area contributed by atoms with Crippen LogP contribution >= 0.6 is 0 Å². The maximum absolute atomic E-state index is 11.3. The van der Waals surface area contributed by atoms with Gasteiger partial charge in [0, 0.05) is 17.1 Å². The monoisotopic (exact) mass is 270 g/mol. The minimum absolute atomic E-state index is 0.426. The van der Waals surface area contributed by atoms with Gasteiger partial charge < -0.3 is 4.57 Å². The van der Waals surface area contributed by atoms with Crippen LogP contribution in [0.25, 0.3) is 16.6 Å². The molecule has 1 heterocycles. The number of hydrogen-bond donors (Lipinski definition) is 0. The number of benzene rings is 2. The van der Waals surface area contributed by atoms with Gasteiger partial charge in [0.1, 0.15) is 13.9 Å². The van der Waals surface area contributed by atoms with Gasteiger partial charge in [0.15, 0.2) is 6.29 Å². The first kappa shape index (κ1) is 13.2. The minimum Gasteiger partial charge on any atom is -0.314 e. The minimum atomic E-state index is 0.426. The van der Waals surface area contributed by atoms with Crippen LogP contribution in [0.15, 0.2) is 42.6 Å². The molecule has 3 nitrogen and oxygen atoms in total. The topological polar surface area (TPSA) is 45.8 Å². The van der Waals surface area contributed by atoms with Crippen LogP contribution in [0.5, 0.6) is 0 Å². The Morgan fingerprint density at radius 3 is 2.81 bits per heavy atom.